The number of carbonyl (C=O) groups excluding carboxylic acids is 1. The molecule has 0 unspecified atom stereocenters. The first-order valence-electron chi connectivity index (χ1n) is 13.7. The summed E-state index contributed by atoms with van der Waals surface area (Å²) < 4.78 is 28.4. The molecule has 1 aliphatic heterocycles. The van der Waals surface area contributed by atoms with E-state index in [0.29, 0.717) is 28.1 Å². The van der Waals surface area contributed by atoms with Crippen molar-refractivity contribution in [2.24, 2.45) is 0 Å². The maximum absolute atomic E-state index is 13.4. The summed E-state index contributed by atoms with van der Waals surface area (Å²) in [5, 5.41) is 6.48. The normalized spacial score (nSPS) is 14.2. The highest BCUT2D eigenvalue weighted by Crippen LogP contribution is 2.21. The number of aryl methyl sites for hydroxylation is 2. The fourth-order valence-corrected chi connectivity index (χ4v) is 7.20. The van der Waals surface area contributed by atoms with Crippen LogP contribution in [0.25, 0.3) is 16.6 Å². The van der Waals surface area contributed by atoms with Gasteiger partial charge in [0.15, 0.2) is 0 Å². The number of nitrogens with one attached hydrogen (secondary N) is 3. The minimum Gasteiger partial charge on any atom is -0.385 e. The Kier molecular flexibility index (Phi) is 8.71. The van der Waals surface area contributed by atoms with E-state index in [2.05, 4.69) is 20.5 Å². The second-order valence-electron chi connectivity index (χ2n) is 10.2. The van der Waals surface area contributed by atoms with Crippen molar-refractivity contribution < 1.29 is 13.2 Å². The maximum Gasteiger partial charge on any atom is 0.333 e. The maximum atomic E-state index is 13.4. The first-order valence-corrected chi connectivity index (χ1v) is 16.0. The van der Waals surface area contributed by atoms with Gasteiger partial charge >= 0.3 is 6.03 Å². The summed E-state index contributed by atoms with van der Waals surface area (Å²) in [4.78, 5) is 33.8. The standard InChI is InChI=1S/C29H34N6O4S2/c1-20-7-14-27(40-20)41(38,39)33-29(37)32-22-8-11-24(12-9-22)35-21(2)31-26-19-23(10-13-25(26)28(35)36)30-15-6-18-34-16-4-3-5-17-34/h7-14,19,30H,3-6,15-18H2,1-2H3,(H2,32,33,37). The van der Waals surface area contributed by atoms with Crippen LogP contribution in [0.15, 0.2) is 63.6 Å². The molecule has 0 radical (unpaired) electrons. The van der Waals surface area contributed by atoms with Gasteiger partial charge in [-0.25, -0.2) is 22.9 Å². The summed E-state index contributed by atoms with van der Waals surface area (Å²) >= 11 is 1.08. The van der Waals surface area contributed by atoms with Crippen molar-refractivity contribution in [1.82, 2.24) is 19.2 Å². The molecule has 5 rings (SSSR count). The Balaban J connectivity index is 1.24. The molecule has 0 spiro atoms. The lowest BCUT2D eigenvalue weighted by molar-refractivity contribution is 0.228. The monoisotopic (exact) mass is 594 g/mol. The Bertz CT molecular complexity index is 1710. The Hall–Kier alpha value is -3.74. The molecule has 0 aliphatic carbocycles. The topological polar surface area (TPSA) is 125 Å². The lowest BCUT2D eigenvalue weighted by Gasteiger charge is -2.26. The molecule has 0 atom stereocenters. The van der Waals surface area contributed by atoms with Crippen LogP contribution >= 0.6 is 11.3 Å². The molecule has 0 bridgehead atoms. The van der Waals surface area contributed by atoms with Crippen LogP contribution in [0.5, 0.6) is 0 Å². The Morgan fingerprint density at radius 1 is 0.976 bits per heavy atom. The van der Waals surface area contributed by atoms with E-state index in [1.54, 1.807) is 50.2 Å². The third-order valence-corrected chi connectivity index (χ3v) is 9.88. The molecular weight excluding hydrogens is 560 g/mol. The number of anilines is 2. The smallest absolute Gasteiger partial charge is 0.333 e. The number of fused-ring (bicyclic) bond motifs is 1. The molecule has 1 saturated heterocycles. The number of thiophene rings is 1. The predicted molar refractivity (Wildman–Crippen MR) is 164 cm³/mol. The van der Waals surface area contributed by atoms with Crippen LogP contribution in [0, 0.1) is 13.8 Å². The van der Waals surface area contributed by atoms with Gasteiger partial charge in [0, 0.05) is 22.8 Å². The third-order valence-electron chi connectivity index (χ3n) is 7.06. The lowest BCUT2D eigenvalue weighted by atomic mass is 10.1. The minimum atomic E-state index is -3.96. The van der Waals surface area contributed by atoms with Crippen molar-refractivity contribution in [3.8, 4) is 5.69 Å². The highest BCUT2D eigenvalue weighted by Gasteiger charge is 2.19. The molecule has 10 nitrogen and oxygen atoms in total. The van der Waals surface area contributed by atoms with Crippen molar-refractivity contribution >= 4 is 49.7 Å². The molecule has 12 heteroatoms. The second kappa shape index (κ2) is 12.4. The molecule has 3 heterocycles. The van der Waals surface area contributed by atoms with Crippen LogP contribution in [0.3, 0.4) is 0 Å². The summed E-state index contributed by atoms with van der Waals surface area (Å²) in [6.07, 6.45) is 4.98. The van der Waals surface area contributed by atoms with Gasteiger partial charge in [0.05, 0.1) is 16.6 Å². The molecular formula is C29H34N6O4S2. The number of amides is 2. The number of aromatic nitrogens is 2. The van der Waals surface area contributed by atoms with Gasteiger partial charge in [0.1, 0.15) is 10.0 Å². The first kappa shape index (κ1) is 28.8. The SMILES string of the molecule is Cc1ccc(S(=O)(=O)NC(=O)Nc2ccc(-n3c(C)nc4cc(NCCCN5CCCCC5)ccc4c3=O)cc2)s1. The lowest BCUT2D eigenvalue weighted by Crippen LogP contribution is -2.33. The Morgan fingerprint density at radius 2 is 1.71 bits per heavy atom. The van der Waals surface area contributed by atoms with Crippen LogP contribution in [-0.2, 0) is 10.0 Å². The average molecular weight is 595 g/mol. The van der Waals surface area contributed by atoms with Gasteiger partial charge in [-0.2, -0.15) is 0 Å². The number of carbonyl (C=O) groups is 1. The van der Waals surface area contributed by atoms with E-state index >= 15 is 0 Å². The van der Waals surface area contributed by atoms with Crippen molar-refractivity contribution in [3.63, 3.8) is 0 Å². The highest BCUT2D eigenvalue weighted by atomic mass is 32.2. The molecule has 216 valence electrons. The fourth-order valence-electron chi connectivity index (χ4n) is 5.01. The van der Waals surface area contributed by atoms with Crippen molar-refractivity contribution in [1.29, 1.82) is 0 Å². The van der Waals surface area contributed by atoms with Crippen LogP contribution in [-0.4, -0.2) is 55.1 Å². The van der Waals surface area contributed by atoms with E-state index in [4.69, 9.17) is 0 Å². The van der Waals surface area contributed by atoms with E-state index in [1.165, 1.54) is 43.0 Å². The van der Waals surface area contributed by atoms with Crippen molar-refractivity contribution in [2.75, 3.05) is 36.8 Å². The number of benzene rings is 2. The van der Waals surface area contributed by atoms with E-state index in [-0.39, 0.29) is 9.77 Å². The van der Waals surface area contributed by atoms with Gasteiger partial charge in [-0.15, -0.1) is 11.3 Å². The second-order valence-corrected chi connectivity index (χ2v) is 13.4. The molecule has 0 saturated carbocycles. The number of urea groups is 1. The highest BCUT2D eigenvalue weighted by molar-refractivity contribution is 7.92. The quantitative estimate of drug-likeness (QED) is 0.236. The number of hydrogen-bond acceptors (Lipinski definition) is 8. The van der Waals surface area contributed by atoms with Crippen molar-refractivity contribution in [3.05, 3.63) is 75.7 Å². The third kappa shape index (κ3) is 6.95. The van der Waals surface area contributed by atoms with E-state index in [1.807, 2.05) is 16.9 Å². The van der Waals surface area contributed by atoms with Gasteiger partial charge in [-0.3, -0.25) is 9.36 Å². The van der Waals surface area contributed by atoms with Crippen molar-refractivity contribution in [2.45, 2.75) is 43.7 Å². The van der Waals surface area contributed by atoms with E-state index < -0.39 is 16.1 Å². The summed E-state index contributed by atoms with van der Waals surface area (Å²) in [7, 11) is -3.96. The van der Waals surface area contributed by atoms with Gasteiger partial charge in [0.2, 0.25) is 0 Å². The number of likely N-dealkylation sites (tertiary alicyclic amines) is 1. The zero-order chi connectivity index (χ0) is 29.0. The molecule has 4 aromatic rings. The van der Waals surface area contributed by atoms with Gasteiger partial charge < -0.3 is 15.5 Å². The molecule has 2 amide bonds. The number of hydrogen-bond donors (Lipinski definition) is 3. The van der Waals surface area contributed by atoms with Gasteiger partial charge in [-0.1, -0.05) is 6.42 Å². The molecule has 3 N–H and O–H groups in total. The fraction of sp³-hybridized carbons (Fsp3) is 0.345. The molecule has 1 aliphatic rings. The largest absolute Gasteiger partial charge is 0.385 e. The van der Waals surface area contributed by atoms with Crippen LogP contribution in [0.1, 0.15) is 36.4 Å². The number of nitrogens with zero attached hydrogens (tertiary/aromatic N) is 3. The summed E-state index contributed by atoms with van der Waals surface area (Å²) in [5.74, 6) is 0.528. The van der Waals surface area contributed by atoms with E-state index in [9.17, 15) is 18.0 Å². The zero-order valence-corrected chi connectivity index (χ0v) is 24.8. The summed E-state index contributed by atoms with van der Waals surface area (Å²) in [6, 6.07) is 14.4. The number of piperidine rings is 1. The molecule has 2 aromatic carbocycles. The van der Waals surface area contributed by atoms with E-state index in [0.717, 1.165) is 41.4 Å². The zero-order valence-electron chi connectivity index (χ0n) is 23.1. The molecule has 2 aromatic heterocycles. The first-order chi connectivity index (χ1) is 19.7. The predicted octanol–water partition coefficient (Wildman–Crippen LogP) is 4.86. The summed E-state index contributed by atoms with van der Waals surface area (Å²) in [6.45, 7) is 7.90. The minimum absolute atomic E-state index is 0.0647. The average Bonchev–Trinajstić information content (AvgIpc) is 3.39. The molecule has 1 fully saturated rings. The Morgan fingerprint density at radius 3 is 2.41 bits per heavy atom. The Labute approximate surface area is 243 Å². The number of rotatable bonds is 9. The van der Waals surface area contributed by atoms with Crippen LogP contribution in [0.2, 0.25) is 0 Å². The van der Waals surface area contributed by atoms with Gasteiger partial charge in [0.25, 0.3) is 15.6 Å². The van der Waals surface area contributed by atoms with Crippen LogP contribution in [0.4, 0.5) is 16.2 Å². The summed E-state index contributed by atoms with van der Waals surface area (Å²) in [5.41, 5.74) is 2.32. The van der Waals surface area contributed by atoms with Crippen LogP contribution < -0.4 is 20.9 Å². The van der Waals surface area contributed by atoms with Gasteiger partial charge in [-0.05, 0) is 107 Å². The molecule has 41 heavy (non-hydrogen) atoms. The number of sulfonamides is 1.